The van der Waals surface area contributed by atoms with Crippen LogP contribution in [0.15, 0.2) is 30.5 Å². The number of nitriles is 1. The van der Waals surface area contributed by atoms with Crippen molar-refractivity contribution in [2.75, 3.05) is 14.2 Å². The van der Waals surface area contributed by atoms with Gasteiger partial charge in [0.2, 0.25) is 0 Å². The lowest BCUT2D eigenvalue weighted by atomic mass is 9.98. The van der Waals surface area contributed by atoms with Gasteiger partial charge in [0.15, 0.2) is 0 Å². The fourth-order valence-electron chi connectivity index (χ4n) is 3.31. The van der Waals surface area contributed by atoms with Crippen LogP contribution in [-0.4, -0.2) is 61.0 Å². The van der Waals surface area contributed by atoms with Crippen LogP contribution in [0.1, 0.15) is 32.8 Å². The highest BCUT2D eigenvalue weighted by Gasteiger charge is 2.32. The number of H-pyrrole nitrogens is 1. The van der Waals surface area contributed by atoms with E-state index in [4.69, 9.17) is 9.47 Å². The minimum absolute atomic E-state index is 0.251. The largest absolute Gasteiger partial charge is 0.469 e. The Kier molecular flexibility index (Phi) is 8.82. The zero-order chi connectivity index (χ0) is 24.6. The van der Waals surface area contributed by atoms with Crippen LogP contribution in [0, 0.1) is 11.3 Å². The molecule has 0 spiro atoms. The molecule has 3 N–H and O–H groups in total. The predicted molar refractivity (Wildman–Crippen MR) is 120 cm³/mol. The highest BCUT2D eigenvalue weighted by atomic mass is 16.6. The van der Waals surface area contributed by atoms with Crippen molar-refractivity contribution >= 4 is 28.9 Å². The van der Waals surface area contributed by atoms with Crippen LogP contribution in [0.25, 0.3) is 10.9 Å². The number of fused-ring (bicyclic) bond motifs is 1. The summed E-state index contributed by atoms with van der Waals surface area (Å²) in [6.45, 7) is 5.18. The number of aromatic amines is 1. The normalized spacial score (nSPS) is 13.9. The number of nitrogens with zero attached hydrogens (tertiary/aromatic N) is 1. The molecule has 10 heteroatoms. The summed E-state index contributed by atoms with van der Waals surface area (Å²) in [6.07, 6.45) is 1.00. The van der Waals surface area contributed by atoms with Gasteiger partial charge in [-0.05, 0) is 38.8 Å². The van der Waals surface area contributed by atoms with Gasteiger partial charge in [0, 0.05) is 17.1 Å². The van der Waals surface area contributed by atoms with Crippen LogP contribution >= 0.6 is 0 Å². The van der Waals surface area contributed by atoms with Crippen LogP contribution in [0.3, 0.4) is 0 Å². The van der Waals surface area contributed by atoms with Crippen molar-refractivity contribution in [3.63, 3.8) is 0 Å². The molecule has 3 atom stereocenters. The molecule has 0 aliphatic carbocycles. The Morgan fingerprint density at radius 1 is 1.15 bits per heavy atom. The second-order valence-corrected chi connectivity index (χ2v) is 8.45. The van der Waals surface area contributed by atoms with Gasteiger partial charge < -0.3 is 24.5 Å². The van der Waals surface area contributed by atoms with Crippen LogP contribution in [0.5, 0.6) is 0 Å². The fraction of sp³-hybridized carbons (Fsp3) is 0.478. The van der Waals surface area contributed by atoms with E-state index in [9.17, 15) is 19.6 Å². The zero-order valence-corrected chi connectivity index (χ0v) is 19.4. The number of para-hydroxylation sites is 1. The number of hydrogen-bond donors (Lipinski definition) is 3. The third-order valence-corrected chi connectivity index (χ3v) is 4.82. The second kappa shape index (κ2) is 11.3. The Morgan fingerprint density at radius 2 is 1.85 bits per heavy atom. The van der Waals surface area contributed by atoms with Crippen LogP contribution in [0.2, 0.25) is 0 Å². The average Bonchev–Trinajstić information content (AvgIpc) is 3.17. The van der Waals surface area contributed by atoms with E-state index in [0.29, 0.717) is 0 Å². The SMILES string of the molecule is COC(=O)C[C@H](N[C@@H](C#N)[C@@H](Cc1c[nH]c2ccccc12)NC(=O)OC(C)(C)C)C(=O)OC. The maximum absolute atomic E-state index is 12.5. The van der Waals surface area contributed by atoms with Crippen molar-refractivity contribution < 1.29 is 28.6 Å². The molecule has 0 aliphatic heterocycles. The average molecular weight is 459 g/mol. The third-order valence-electron chi connectivity index (χ3n) is 4.82. The topological polar surface area (TPSA) is 143 Å². The molecular formula is C23H30N4O6. The first kappa shape index (κ1) is 25.7. The molecule has 1 heterocycles. The lowest BCUT2D eigenvalue weighted by Crippen LogP contribution is -2.56. The summed E-state index contributed by atoms with van der Waals surface area (Å²) in [7, 11) is 2.38. The minimum Gasteiger partial charge on any atom is -0.469 e. The summed E-state index contributed by atoms with van der Waals surface area (Å²) < 4.78 is 14.8. The van der Waals surface area contributed by atoms with Crippen molar-refractivity contribution in [2.24, 2.45) is 0 Å². The molecule has 0 aliphatic rings. The number of nitrogens with one attached hydrogen (secondary N) is 3. The molecule has 0 fully saturated rings. The van der Waals surface area contributed by atoms with Crippen LogP contribution in [0.4, 0.5) is 4.79 Å². The number of hydrogen-bond acceptors (Lipinski definition) is 8. The highest BCUT2D eigenvalue weighted by Crippen LogP contribution is 2.20. The summed E-state index contributed by atoms with van der Waals surface area (Å²) in [4.78, 5) is 39.7. The number of esters is 2. The van der Waals surface area contributed by atoms with Gasteiger partial charge in [-0.15, -0.1) is 0 Å². The van der Waals surface area contributed by atoms with Gasteiger partial charge >= 0.3 is 18.0 Å². The van der Waals surface area contributed by atoms with Gasteiger partial charge in [0.25, 0.3) is 0 Å². The third kappa shape index (κ3) is 7.50. The van der Waals surface area contributed by atoms with Gasteiger partial charge in [0.05, 0.1) is 32.8 Å². The molecule has 33 heavy (non-hydrogen) atoms. The van der Waals surface area contributed by atoms with Gasteiger partial charge in [-0.25, -0.2) is 4.79 Å². The number of carbonyl (C=O) groups excluding carboxylic acids is 3. The Bertz CT molecular complexity index is 1020. The summed E-state index contributed by atoms with van der Waals surface area (Å²) in [5.74, 6) is -1.38. The number of amides is 1. The van der Waals surface area contributed by atoms with Crippen LogP contribution in [-0.2, 0) is 30.2 Å². The summed E-state index contributed by atoms with van der Waals surface area (Å²) in [5.41, 5.74) is 1.02. The molecule has 1 aromatic carbocycles. The van der Waals surface area contributed by atoms with E-state index >= 15 is 0 Å². The van der Waals surface area contributed by atoms with Gasteiger partial charge in [0.1, 0.15) is 17.7 Å². The number of benzene rings is 1. The minimum atomic E-state index is -1.14. The first-order valence-corrected chi connectivity index (χ1v) is 10.4. The highest BCUT2D eigenvalue weighted by molar-refractivity contribution is 5.84. The summed E-state index contributed by atoms with van der Waals surface area (Å²) >= 11 is 0. The van der Waals surface area contributed by atoms with E-state index < -0.39 is 41.8 Å². The Balaban J connectivity index is 2.33. The lowest BCUT2D eigenvalue weighted by molar-refractivity contribution is -0.149. The standard InChI is InChI=1S/C23H30N4O6/c1-23(2,3)33-22(30)27-17(10-14-13-25-16-9-7-6-8-15(14)16)19(12-24)26-18(21(29)32-5)11-20(28)31-4/h6-9,13,17-19,25-26H,10-11H2,1-5H3,(H,27,30)/t17-,18+,19+/m1/s1. The number of alkyl carbamates (subject to hydrolysis) is 1. The number of ether oxygens (including phenoxy) is 3. The molecule has 0 saturated carbocycles. The number of rotatable bonds is 9. The molecule has 2 aromatic rings. The number of carbonyl (C=O) groups is 3. The monoisotopic (exact) mass is 458 g/mol. The number of methoxy groups -OCH3 is 2. The molecule has 1 amide bonds. The van der Waals surface area contributed by atoms with Crippen molar-refractivity contribution in [1.29, 1.82) is 5.26 Å². The quantitative estimate of drug-likeness (QED) is 0.383. The lowest BCUT2D eigenvalue weighted by Gasteiger charge is -2.28. The molecule has 0 saturated heterocycles. The first-order chi connectivity index (χ1) is 15.6. The van der Waals surface area contributed by atoms with E-state index in [0.717, 1.165) is 16.5 Å². The van der Waals surface area contributed by atoms with Gasteiger partial charge in [-0.1, -0.05) is 18.2 Å². The maximum Gasteiger partial charge on any atom is 0.407 e. The van der Waals surface area contributed by atoms with Gasteiger partial charge in [-0.3, -0.25) is 14.9 Å². The smallest absolute Gasteiger partial charge is 0.407 e. The molecular weight excluding hydrogens is 428 g/mol. The predicted octanol–water partition coefficient (Wildman–Crippen LogP) is 2.19. The van der Waals surface area contributed by atoms with E-state index in [1.165, 1.54) is 14.2 Å². The number of aromatic nitrogens is 1. The summed E-state index contributed by atoms with van der Waals surface area (Å²) in [5, 5.41) is 16.4. The molecule has 0 unspecified atom stereocenters. The molecule has 1 aromatic heterocycles. The molecule has 2 rings (SSSR count). The zero-order valence-electron chi connectivity index (χ0n) is 19.4. The molecule has 10 nitrogen and oxygen atoms in total. The Hall–Kier alpha value is -3.58. The van der Waals surface area contributed by atoms with Crippen molar-refractivity contribution in [3.8, 4) is 6.07 Å². The Morgan fingerprint density at radius 3 is 2.45 bits per heavy atom. The fourth-order valence-corrected chi connectivity index (χ4v) is 3.31. The van der Waals surface area contributed by atoms with E-state index in [1.54, 1.807) is 27.0 Å². The summed E-state index contributed by atoms with van der Waals surface area (Å²) in [6, 6.07) is 6.71. The van der Waals surface area contributed by atoms with E-state index in [-0.39, 0.29) is 12.8 Å². The van der Waals surface area contributed by atoms with Crippen molar-refractivity contribution in [3.05, 3.63) is 36.0 Å². The molecule has 0 radical (unpaired) electrons. The van der Waals surface area contributed by atoms with Crippen LogP contribution < -0.4 is 10.6 Å². The molecule has 0 bridgehead atoms. The second-order valence-electron chi connectivity index (χ2n) is 8.45. The van der Waals surface area contributed by atoms with E-state index in [1.807, 2.05) is 24.3 Å². The van der Waals surface area contributed by atoms with Crippen molar-refractivity contribution in [2.45, 2.75) is 57.3 Å². The first-order valence-electron chi connectivity index (χ1n) is 10.4. The van der Waals surface area contributed by atoms with Gasteiger partial charge in [-0.2, -0.15) is 5.26 Å². The van der Waals surface area contributed by atoms with Crippen molar-refractivity contribution in [1.82, 2.24) is 15.6 Å². The van der Waals surface area contributed by atoms with E-state index in [2.05, 4.69) is 26.4 Å². The maximum atomic E-state index is 12.5. The molecule has 178 valence electrons. The Labute approximate surface area is 192 Å².